The van der Waals surface area contributed by atoms with Crippen LogP contribution in [0.1, 0.15) is 36.3 Å². The highest BCUT2D eigenvalue weighted by Gasteiger charge is 2.36. The van der Waals surface area contributed by atoms with Gasteiger partial charge in [-0.25, -0.2) is 4.39 Å². The number of piperidine rings is 1. The summed E-state index contributed by atoms with van der Waals surface area (Å²) >= 11 is 0. The van der Waals surface area contributed by atoms with Crippen molar-refractivity contribution >= 4 is 11.8 Å². The van der Waals surface area contributed by atoms with Gasteiger partial charge in [0.1, 0.15) is 12.4 Å². The van der Waals surface area contributed by atoms with E-state index in [1.165, 1.54) is 13.2 Å². The van der Waals surface area contributed by atoms with Crippen LogP contribution in [-0.2, 0) is 14.3 Å². The number of hydrogen-bond acceptors (Lipinski definition) is 3. The van der Waals surface area contributed by atoms with Crippen molar-refractivity contribution < 1.29 is 18.7 Å². The predicted octanol–water partition coefficient (Wildman–Crippen LogP) is 1.99. The molecule has 1 N–H and O–H groups in total. The Bertz CT molecular complexity index is 660. The maximum absolute atomic E-state index is 13.6. The van der Waals surface area contributed by atoms with Gasteiger partial charge in [0.15, 0.2) is 0 Å². The van der Waals surface area contributed by atoms with Gasteiger partial charge in [-0.05, 0) is 43.4 Å². The average molecular weight is 348 g/mol. The topological polar surface area (TPSA) is 58.6 Å². The Morgan fingerprint density at radius 2 is 2.08 bits per heavy atom. The summed E-state index contributed by atoms with van der Waals surface area (Å²) in [5.41, 5.74) is 1.55. The van der Waals surface area contributed by atoms with Crippen LogP contribution in [0.5, 0.6) is 0 Å². The molecule has 2 atom stereocenters. The highest BCUT2D eigenvalue weighted by Crippen LogP contribution is 2.32. The van der Waals surface area contributed by atoms with Crippen molar-refractivity contribution in [1.29, 1.82) is 0 Å². The number of rotatable bonds is 5. The van der Waals surface area contributed by atoms with Crippen LogP contribution in [0.25, 0.3) is 0 Å². The fourth-order valence-corrected chi connectivity index (χ4v) is 3.42. The number of carbonyl (C=O) groups is 2. The normalized spacial score (nSPS) is 23.4. The molecule has 1 aromatic carbocycles. The van der Waals surface area contributed by atoms with Gasteiger partial charge in [-0.1, -0.05) is 12.1 Å². The first kappa shape index (κ1) is 17.9. The summed E-state index contributed by atoms with van der Waals surface area (Å²) in [7, 11) is 1.49. The summed E-state index contributed by atoms with van der Waals surface area (Å²) in [5.74, 6) is -0.569. The van der Waals surface area contributed by atoms with Gasteiger partial charge in [0, 0.05) is 32.2 Å². The molecule has 0 aromatic heterocycles. The minimum absolute atomic E-state index is 0.00608. The molecule has 1 aliphatic carbocycles. The van der Waals surface area contributed by atoms with Gasteiger partial charge in [0.05, 0.1) is 5.92 Å². The Morgan fingerprint density at radius 1 is 1.32 bits per heavy atom. The second kappa shape index (κ2) is 7.52. The van der Waals surface area contributed by atoms with E-state index in [0.717, 1.165) is 18.4 Å². The van der Waals surface area contributed by atoms with E-state index in [1.807, 2.05) is 6.07 Å². The Hall–Kier alpha value is -1.95. The number of methoxy groups -OCH3 is 1. The third-order valence-electron chi connectivity index (χ3n) is 5.02. The van der Waals surface area contributed by atoms with Gasteiger partial charge < -0.3 is 15.0 Å². The van der Waals surface area contributed by atoms with E-state index in [1.54, 1.807) is 17.9 Å². The highest BCUT2D eigenvalue weighted by molar-refractivity contribution is 5.82. The number of likely N-dealkylation sites (tertiary alicyclic amines) is 1. The molecular formula is C19H25FN2O3. The minimum atomic E-state index is -0.245. The molecule has 0 bridgehead atoms. The van der Waals surface area contributed by atoms with Gasteiger partial charge in [0.25, 0.3) is 0 Å². The first-order valence-electron chi connectivity index (χ1n) is 8.81. The molecule has 136 valence electrons. The Labute approximate surface area is 147 Å². The number of amides is 2. The van der Waals surface area contributed by atoms with Crippen LogP contribution in [0, 0.1) is 18.7 Å². The van der Waals surface area contributed by atoms with E-state index < -0.39 is 0 Å². The van der Waals surface area contributed by atoms with Crippen LogP contribution in [-0.4, -0.2) is 49.6 Å². The fourth-order valence-electron chi connectivity index (χ4n) is 3.42. The second-order valence-electron chi connectivity index (χ2n) is 7.15. The average Bonchev–Trinajstić information content (AvgIpc) is 3.41. The van der Waals surface area contributed by atoms with Gasteiger partial charge in [-0.3, -0.25) is 9.59 Å². The lowest BCUT2D eigenvalue weighted by molar-refractivity contribution is -0.139. The first-order chi connectivity index (χ1) is 12.0. The molecule has 2 amide bonds. The second-order valence-corrected chi connectivity index (χ2v) is 7.15. The van der Waals surface area contributed by atoms with Crippen molar-refractivity contribution in [2.24, 2.45) is 5.92 Å². The zero-order valence-electron chi connectivity index (χ0n) is 14.8. The first-order valence-corrected chi connectivity index (χ1v) is 8.81. The van der Waals surface area contributed by atoms with Crippen molar-refractivity contribution in [3.8, 4) is 0 Å². The molecule has 25 heavy (non-hydrogen) atoms. The number of benzene rings is 1. The number of nitrogens with one attached hydrogen (secondary N) is 1. The van der Waals surface area contributed by atoms with Gasteiger partial charge in [-0.15, -0.1) is 0 Å². The lowest BCUT2D eigenvalue weighted by Crippen LogP contribution is -2.49. The molecule has 5 nitrogen and oxygen atoms in total. The van der Waals surface area contributed by atoms with E-state index in [-0.39, 0.29) is 36.1 Å². The summed E-state index contributed by atoms with van der Waals surface area (Å²) in [5, 5.41) is 3.04. The van der Waals surface area contributed by atoms with Gasteiger partial charge in [-0.2, -0.15) is 0 Å². The van der Waals surface area contributed by atoms with Gasteiger partial charge >= 0.3 is 0 Å². The molecule has 2 fully saturated rings. The largest absolute Gasteiger partial charge is 0.375 e. The zero-order valence-corrected chi connectivity index (χ0v) is 14.8. The molecule has 0 spiro atoms. The number of halogens is 1. The monoisotopic (exact) mass is 348 g/mol. The Balaban J connectivity index is 1.78. The van der Waals surface area contributed by atoms with Crippen LogP contribution < -0.4 is 5.32 Å². The van der Waals surface area contributed by atoms with Crippen LogP contribution in [0.15, 0.2) is 18.2 Å². The lowest BCUT2D eigenvalue weighted by Gasteiger charge is -2.37. The molecule has 2 unspecified atom stereocenters. The summed E-state index contributed by atoms with van der Waals surface area (Å²) in [4.78, 5) is 26.5. The highest BCUT2D eigenvalue weighted by atomic mass is 19.1. The summed E-state index contributed by atoms with van der Waals surface area (Å²) in [6.45, 7) is 2.68. The third kappa shape index (κ3) is 4.37. The summed E-state index contributed by atoms with van der Waals surface area (Å²) in [6, 6.07) is 5.33. The molecule has 1 saturated carbocycles. The number of ether oxygens (including phenoxy) is 1. The number of carbonyl (C=O) groups excluding carboxylic acids is 2. The summed E-state index contributed by atoms with van der Waals surface area (Å²) < 4.78 is 18.5. The minimum Gasteiger partial charge on any atom is -0.375 e. The SMILES string of the molecule is COCC(=O)N1CC(C(=O)NC2CC2)CC(c2ccc(F)c(C)c2)C1. The Morgan fingerprint density at radius 3 is 2.72 bits per heavy atom. The van der Waals surface area contributed by atoms with Crippen molar-refractivity contribution in [2.45, 2.75) is 38.1 Å². The van der Waals surface area contributed by atoms with Crippen LogP contribution >= 0.6 is 0 Å². The maximum atomic E-state index is 13.6. The molecule has 6 heteroatoms. The number of nitrogens with zero attached hydrogens (tertiary/aromatic N) is 1. The van der Waals surface area contributed by atoms with Gasteiger partial charge in [0.2, 0.25) is 11.8 Å². The fraction of sp³-hybridized carbons (Fsp3) is 0.579. The molecule has 0 radical (unpaired) electrons. The van der Waals surface area contributed by atoms with E-state index in [4.69, 9.17) is 4.74 Å². The quantitative estimate of drug-likeness (QED) is 0.885. The standard InChI is InChI=1S/C19H25FN2O3/c1-12-7-13(3-6-17(12)20)14-8-15(19(24)21-16-4-5-16)10-22(9-14)18(23)11-25-2/h3,6-7,14-16H,4-5,8-11H2,1-2H3,(H,21,24). The maximum Gasteiger partial charge on any atom is 0.248 e. The molecular weight excluding hydrogens is 323 g/mol. The van der Waals surface area contributed by atoms with E-state index >= 15 is 0 Å². The molecule has 1 heterocycles. The summed E-state index contributed by atoms with van der Waals surface area (Å²) in [6.07, 6.45) is 2.73. The van der Waals surface area contributed by atoms with Crippen LogP contribution in [0.2, 0.25) is 0 Å². The van der Waals surface area contributed by atoms with E-state index in [9.17, 15) is 14.0 Å². The van der Waals surface area contributed by atoms with Crippen molar-refractivity contribution in [2.75, 3.05) is 26.8 Å². The number of hydrogen-bond donors (Lipinski definition) is 1. The lowest BCUT2D eigenvalue weighted by atomic mass is 9.83. The predicted molar refractivity (Wildman–Crippen MR) is 91.6 cm³/mol. The van der Waals surface area contributed by atoms with Crippen molar-refractivity contribution in [1.82, 2.24) is 10.2 Å². The van der Waals surface area contributed by atoms with Crippen LogP contribution in [0.4, 0.5) is 4.39 Å². The molecule has 2 aliphatic rings. The van der Waals surface area contributed by atoms with E-state index in [0.29, 0.717) is 31.1 Å². The molecule has 1 saturated heterocycles. The zero-order chi connectivity index (χ0) is 18.0. The molecule has 3 rings (SSSR count). The van der Waals surface area contributed by atoms with Crippen molar-refractivity contribution in [3.63, 3.8) is 0 Å². The Kier molecular flexibility index (Phi) is 5.37. The smallest absolute Gasteiger partial charge is 0.248 e. The third-order valence-corrected chi connectivity index (χ3v) is 5.02. The van der Waals surface area contributed by atoms with Crippen LogP contribution in [0.3, 0.4) is 0 Å². The molecule has 1 aromatic rings. The van der Waals surface area contributed by atoms with Crippen molar-refractivity contribution in [3.05, 3.63) is 35.1 Å². The number of aryl methyl sites for hydroxylation is 1. The molecule has 1 aliphatic heterocycles. The van der Waals surface area contributed by atoms with E-state index in [2.05, 4.69) is 5.32 Å².